The number of aliphatic imine (C=N–C) groups is 1. The lowest BCUT2D eigenvalue weighted by Crippen LogP contribution is -2.35. The van der Waals surface area contributed by atoms with Gasteiger partial charge in [-0.25, -0.2) is 4.99 Å². The van der Waals surface area contributed by atoms with Crippen LogP contribution in [0.3, 0.4) is 0 Å². The minimum absolute atomic E-state index is 0.00571. The highest BCUT2D eigenvalue weighted by Crippen LogP contribution is 2.31. The predicted octanol–water partition coefficient (Wildman–Crippen LogP) is 3.29. The zero-order chi connectivity index (χ0) is 19.2. The Morgan fingerprint density at radius 3 is 2.70 bits per heavy atom. The second kappa shape index (κ2) is 9.03. The van der Waals surface area contributed by atoms with Gasteiger partial charge in [0.2, 0.25) is 11.8 Å². The fraction of sp³-hybridized carbons (Fsp3) is 0.211. The van der Waals surface area contributed by atoms with Gasteiger partial charge in [-0.3, -0.25) is 14.5 Å². The van der Waals surface area contributed by atoms with Gasteiger partial charge < -0.3 is 10.4 Å². The number of carbonyl (C=O) groups excluding carboxylic acids is 2. The van der Waals surface area contributed by atoms with Crippen LogP contribution in [-0.4, -0.2) is 45.4 Å². The molecule has 1 heterocycles. The summed E-state index contributed by atoms with van der Waals surface area (Å²) in [5, 5.41) is 12.4. The average molecular weight is 404 g/mol. The Labute approximate surface area is 166 Å². The molecule has 0 aromatic heterocycles. The van der Waals surface area contributed by atoms with Gasteiger partial charge in [-0.05, 0) is 30.3 Å². The van der Waals surface area contributed by atoms with Gasteiger partial charge in [0, 0.05) is 17.1 Å². The summed E-state index contributed by atoms with van der Waals surface area (Å²) in [5.41, 5.74) is 1.29. The number of hydrogen-bond donors (Lipinski definition) is 2. The van der Waals surface area contributed by atoms with Crippen molar-refractivity contribution < 1.29 is 14.7 Å². The van der Waals surface area contributed by atoms with Crippen molar-refractivity contribution >= 4 is 51.7 Å². The van der Waals surface area contributed by atoms with E-state index in [9.17, 15) is 14.7 Å². The molecule has 8 heteroatoms. The molecule has 0 saturated carbocycles. The molecular formula is C19H18ClN3O3S. The Bertz CT molecular complexity index is 860. The summed E-state index contributed by atoms with van der Waals surface area (Å²) in [6, 6.07) is 16.1. The van der Waals surface area contributed by atoms with E-state index in [0.29, 0.717) is 21.6 Å². The molecule has 1 aliphatic heterocycles. The summed E-state index contributed by atoms with van der Waals surface area (Å²) >= 11 is 7.15. The predicted molar refractivity (Wildman–Crippen MR) is 108 cm³/mol. The lowest BCUT2D eigenvalue weighted by molar-refractivity contribution is -0.128. The van der Waals surface area contributed by atoms with Crippen LogP contribution < -0.4 is 5.32 Å². The van der Waals surface area contributed by atoms with E-state index in [-0.39, 0.29) is 31.4 Å². The number of carbonyl (C=O) groups is 2. The van der Waals surface area contributed by atoms with Crippen molar-refractivity contribution in [2.45, 2.75) is 11.7 Å². The molecule has 140 valence electrons. The van der Waals surface area contributed by atoms with E-state index >= 15 is 0 Å². The van der Waals surface area contributed by atoms with Crippen molar-refractivity contribution in [3.8, 4) is 0 Å². The number of thioether (sulfide) groups is 1. The van der Waals surface area contributed by atoms with Gasteiger partial charge in [0.15, 0.2) is 5.17 Å². The quantitative estimate of drug-likeness (QED) is 0.775. The van der Waals surface area contributed by atoms with Gasteiger partial charge >= 0.3 is 0 Å². The fourth-order valence-corrected chi connectivity index (χ4v) is 3.96. The monoisotopic (exact) mass is 403 g/mol. The third-order valence-electron chi connectivity index (χ3n) is 3.80. The molecule has 2 amide bonds. The van der Waals surface area contributed by atoms with Gasteiger partial charge in [-0.1, -0.05) is 47.6 Å². The van der Waals surface area contributed by atoms with E-state index in [1.54, 1.807) is 24.3 Å². The molecule has 1 atom stereocenters. The highest BCUT2D eigenvalue weighted by Gasteiger charge is 2.38. The molecular weight excluding hydrogens is 386 g/mol. The minimum atomic E-state index is -0.585. The van der Waals surface area contributed by atoms with Gasteiger partial charge in [0.05, 0.1) is 18.8 Å². The van der Waals surface area contributed by atoms with Crippen molar-refractivity contribution in [3.05, 3.63) is 59.6 Å². The Hall–Kier alpha value is -2.35. The van der Waals surface area contributed by atoms with Crippen LogP contribution in [0.25, 0.3) is 0 Å². The van der Waals surface area contributed by atoms with Crippen molar-refractivity contribution in [2.75, 3.05) is 18.5 Å². The molecule has 0 spiro atoms. The SMILES string of the molecule is O=C(CC1SC(=Nc2ccccc2)N(CCO)C1=O)Nc1cccc(Cl)c1. The number of hydrogen-bond acceptors (Lipinski definition) is 5. The van der Waals surface area contributed by atoms with Crippen LogP contribution in [0.1, 0.15) is 6.42 Å². The summed E-state index contributed by atoms with van der Waals surface area (Å²) in [6.45, 7) is -0.0363. The molecule has 0 aliphatic carbocycles. The smallest absolute Gasteiger partial charge is 0.242 e. The van der Waals surface area contributed by atoms with Crippen molar-refractivity contribution in [2.24, 2.45) is 4.99 Å². The average Bonchev–Trinajstić information content (AvgIpc) is 2.91. The number of amides is 2. The molecule has 1 unspecified atom stereocenters. The molecule has 2 aromatic carbocycles. The van der Waals surface area contributed by atoms with Crippen LogP contribution in [0.2, 0.25) is 5.02 Å². The van der Waals surface area contributed by atoms with Gasteiger partial charge in [0.1, 0.15) is 5.25 Å². The van der Waals surface area contributed by atoms with E-state index in [1.165, 1.54) is 16.7 Å². The minimum Gasteiger partial charge on any atom is -0.395 e. The van der Waals surface area contributed by atoms with E-state index in [4.69, 9.17) is 11.6 Å². The van der Waals surface area contributed by atoms with Gasteiger partial charge in [0.25, 0.3) is 0 Å². The summed E-state index contributed by atoms with van der Waals surface area (Å²) in [7, 11) is 0. The first kappa shape index (κ1) is 19.4. The third kappa shape index (κ3) is 5.09. The number of nitrogens with zero attached hydrogens (tertiary/aromatic N) is 2. The van der Waals surface area contributed by atoms with Crippen LogP contribution in [-0.2, 0) is 9.59 Å². The fourth-order valence-electron chi connectivity index (χ4n) is 2.59. The van der Waals surface area contributed by atoms with E-state index in [0.717, 1.165) is 0 Å². The first-order valence-corrected chi connectivity index (χ1v) is 9.60. The van der Waals surface area contributed by atoms with Crippen molar-refractivity contribution in [1.82, 2.24) is 4.90 Å². The summed E-state index contributed by atoms with van der Waals surface area (Å²) in [6.07, 6.45) is 0.00571. The van der Waals surface area contributed by atoms with E-state index < -0.39 is 5.25 Å². The van der Waals surface area contributed by atoms with Crippen LogP contribution >= 0.6 is 23.4 Å². The highest BCUT2D eigenvalue weighted by molar-refractivity contribution is 8.15. The summed E-state index contributed by atoms with van der Waals surface area (Å²) in [4.78, 5) is 30.9. The van der Waals surface area contributed by atoms with E-state index in [2.05, 4.69) is 10.3 Å². The summed E-state index contributed by atoms with van der Waals surface area (Å²) < 4.78 is 0. The van der Waals surface area contributed by atoms with Gasteiger partial charge in [-0.2, -0.15) is 0 Å². The molecule has 6 nitrogen and oxygen atoms in total. The van der Waals surface area contributed by atoms with E-state index in [1.807, 2.05) is 30.3 Å². The Balaban J connectivity index is 1.71. The summed E-state index contributed by atoms with van der Waals surface area (Å²) in [5.74, 6) is -0.516. The lowest BCUT2D eigenvalue weighted by Gasteiger charge is -2.14. The maximum Gasteiger partial charge on any atom is 0.242 e. The number of rotatable bonds is 6. The zero-order valence-electron chi connectivity index (χ0n) is 14.3. The molecule has 0 bridgehead atoms. The number of nitrogens with one attached hydrogen (secondary N) is 1. The molecule has 2 N–H and O–H groups in total. The van der Waals surface area contributed by atoms with Crippen molar-refractivity contribution in [1.29, 1.82) is 0 Å². The Kier molecular flexibility index (Phi) is 6.49. The lowest BCUT2D eigenvalue weighted by atomic mass is 10.2. The molecule has 27 heavy (non-hydrogen) atoms. The normalized spacial score (nSPS) is 18.1. The van der Waals surface area contributed by atoms with Crippen LogP contribution in [0.15, 0.2) is 59.6 Å². The second-order valence-electron chi connectivity index (χ2n) is 5.81. The van der Waals surface area contributed by atoms with Crippen LogP contribution in [0.4, 0.5) is 11.4 Å². The zero-order valence-corrected chi connectivity index (χ0v) is 15.9. The largest absolute Gasteiger partial charge is 0.395 e. The first-order valence-electron chi connectivity index (χ1n) is 8.35. The number of β-amino-alcohol motifs (C(OH)–C–C–N with tert-alkyl or cyclic N) is 1. The second-order valence-corrected chi connectivity index (χ2v) is 7.42. The first-order chi connectivity index (χ1) is 13.1. The van der Waals surface area contributed by atoms with Crippen LogP contribution in [0.5, 0.6) is 0 Å². The number of para-hydroxylation sites is 1. The standard InChI is InChI=1S/C19H18ClN3O3S/c20-13-5-4-8-15(11-13)21-17(25)12-16-18(26)23(9-10-24)19(27-16)22-14-6-2-1-3-7-14/h1-8,11,16,24H,9-10,12H2,(H,21,25). The highest BCUT2D eigenvalue weighted by atomic mass is 35.5. The number of amidine groups is 1. The third-order valence-corrected chi connectivity index (χ3v) is 5.21. The number of aliphatic hydroxyl groups is 1. The maximum atomic E-state index is 12.7. The number of aliphatic hydroxyl groups excluding tert-OH is 1. The molecule has 1 fully saturated rings. The maximum absolute atomic E-state index is 12.7. The van der Waals surface area contributed by atoms with Crippen LogP contribution in [0, 0.1) is 0 Å². The molecule has 0 radical (unpaired) electrons. The Morgan fingerprint density at radius 1 is 1.22 bits per heavy atom. The molecule has 1 saturated heterocycles. The molecule has 3 rings (SSSR count). The van der Waals surface area contributed by atoms with Gasteiger partial charge in [-0.15, -0.1) is 0 Å². The molecule has 2 aromatic rings. The molecule has 1 aliphatic rings. The topological polar surface area (TPSA) is 82.0 Å². The number of halogens is 1. The van der Waals surface area contributed by atoms with Crippen molar-refractivity contribution in [3.63, 3.8) is 0 Å². The number of benzene rings is 2. The Morgan fingerprint density at radius 2 is 2.00 bits per heavy atom. The number of anilines is 1.